The van der Waals surface area contributed by atoms with Gasteiger partial charge in [-0.25, -0.2) is 10.4 Å². The molecule has 0 radical (unpaired) electrons. The lowest BCUT2D eigenvalue weighted by molar-refractivity contribution is -0.121. The molecule has 0 spiro atoms. The van der Waals surface area contributed by atoms with Gasteiger partial charge in [-0.05, 0) is 24.1 Å². The number of benzene rings is 1. The van der Waals surface area contributed by atoms with Crippen LogP contribution < -0.4 is 10.7 Å². The number of hydrogen-bond donors (Lipinski definition) is 2. The lowest BCUT2D eigenvalue weighted by Crippen LogP contribution is -2.37. The average Bonchev–Trinajstić information content (AvgIpc) is 2.95. The van der Waals surface area contributed by atoms with Crippen LogP contribution in [-0.2, 0) is 16.0 Å². The molecule has 2 heterocycles. The normalized spacial score (nSPS) is 14.7. The third kappa shape index (κ3) is 3.07. The Hall–Kier alpha value is -2.70. The van der Waals surface area contributed by atoms with Gasteiger partial charge >= 0.3 is 0 Å². The molecule has 0 aliphatic carbocycles. The topological polar surface area (TPSA) is 96.6 Å². The molecule has 2 amide bonds. The van der Waals surface area contributed by atoms with Gasteiger partial charge in [0.25, 0.3) is 5.91 Å². The van der Waals surface area contributed by atoms with Gasteiger partial charge in [-0.2, -0.15) is 5.10 Å². The SMILES string of the molecule is O=C1CCC(C(=O)NCCc2ccc3ncoc3c2)=NN1. The first-order valence-corrected chi connectivity index (χ1v) is 6.68. The predicted molar refractivity (Wildman–Crippen MR) is 75.5 cm³/mol. The number of rotatable bonds is 4. The van der Waals surface area contributed by atoms with E-state index in [0.717, 1.165) is 16.7 Å². The van der Waals surface area contributed by atoms with Crippen LogP contribution in [-0.4, -0.2) is 29.1 Å². The molecule has 2 aromatic rings. The van der Waals surface area contributed by atoms with Gasteiger partial charge < -0.3 is 9.73 Å². The van der Waals surface area contributed by atoms with Crippen LogP contribution in [0.2, 0.25) is 0 Å². The number of carbonyl (C=O) groups excluding carboxylic acids is 2. The molecule has 3 rings (SSSR count). The molecule has 7 nitrogen and oxygen atoms in total. The monoisotopic (exact) mass is 286 g/mol. The summed E-state index contributed by atoms with van der Waals surface area (Å²) in [5.41, 5.74) is 5.27. The summed E-state index contributed by atoms with van der Waals surface area (Å²) in [4.78, 5) is 26.8. The zero-order valence-electron chi connectivity index (χ0n) is 11.3. The Morgan fingerprint density at radius 1 is 1.38 bits per heavy atom. The van der Waals surface area contributed by atoms with Crippen molar-refractivity contribution in [3.63, 3.8) is 0 Å². The quantitative estimate of drug-likeness (QED) is 0.866. The van der Waals surface area contributed by atoms with Crippen LogP contribution in [0.4, 0.5) is 0 Å². The van der Waals surface area contributed by atoms with Crippen molar-refractivity contribution in [1.29, 1.82) is 0 Å². The van der Waals surface area contributed by atoms with Crippen molar-refractivity contribution in [3.8, 4) is 0 Å². The number of nitrogens with one attached hydrogen (secondary N) is 2. The molecule has 7 heteroatoms. The highest BCUT2D eigenvalue weighted by Crippen LogP contribution is 2.14. The van der Waals surface area contributed by atoms with Crippen LogP contribution >= 0.6 is 0 Å². The number of carbonyl (C=O) groups is 2. The maximum Gasteiger partial charge on any atom is 0.267 e. The van der Waals surface area contributed by atoms with Crippen LogP contribution in [0.15, 0.2) is 34.1 Å². The molecule has 0 saturated carbocycles. The standard InChI is InChI=1S/C14H14N4O3/c19-13-4-3-11(17-18-13)14(20)15-6-5-9-1-2-10-12(7-9)21-8-16-10/h1-2,7-8H,3-6H2,(H,15,20)(H,18,19). The van der Waals surface area contributed by atoms with E-state index in [1.54, 1.807) is 0 Å². The van der Waals surface area contributed by atoms with E-state index in [1.165, 1.54) is 6.39 Å². The summed E-state index contributed by atoms with van der Waals surface area (Å²) in [5, 5.41) is 6.54. The van der Waals surface area contributed by atoms with E-state index >= 15 is 0 Å². The number of nitrogens with zero attached hydrogens (tertiary/aromatic N) is 2. The number of fused-ring (bicyclic) bond motifs is 1. The minimum absolute atomic E-state index is 0.160. The van der Waals surface area contributed by atoms with E-state index in [2.05, 4.69) is 20.8 Å². The van der Waals surface area contributed by atoms with Crippen LogP contribution in [0.1, 0.15) is 18.4 Å². The minimum Gasteiger partial charge on any atom is -0.443 e. The van der Waals surface area contributed by atoms with Crippen LogP contribution in [0.5, 0.6) is 0 Å². The fraction of sp³-hybridized carbons (Fsp3) is 0.286. The highest BCUT2D eigenvalue weighted by atomic mass is 16.3. The van der Waals surface area contributed by atoms with Crippen molar-refractivity contribution in [2.75, 3.05) is 6.54 Å². The minimum atomic E-state index is -0.240. The maximum absolute atomic E-state index is 11.8. The van der Waals surface area contributed by atoms with E-state index in [1.807, 2.05) is 18.2 Å². The van der Waals surface area contributed by atoms with Gasteiger partial charge in [-0.15, -0.1) is 0 Å². The zero-order valence-corrected chi connectivity index (χ0v) is 11.3. The number of hydrazone groups is 1. The molecule has 0 bridgehead atoms. The summed E-state index contributed by atoms with van der Waals surface area (Å²) in [7, 11) is 0. The molecule has 2 N–H and O–H groups in total. The molecular weight excluding hydrogens is 272 g/mol. The van der Waals surface area contributed by atoms with Crippen molar-refractivity contribution in [1.82, 2.24) is 15.7 Å². The summed E-state index contributed by atoms with van der Waals surface area (Å²) in [6.45, 7) is 0.492. The van der Waals surface area contributed by atoms with Gasteiger partial charge in [0.2, 0.25) is 5.91 Å². The molecule has 108 valence electrons. The third-order valence-corrected chi connectivity index (χ3v) is 3.26. The zero-order chi connectivity index (χ0) is 14.7. The summed E-state index contributed by atoms with van der Waals surface area (Å²) in [6.07, 6.45) is 2.77. The molecule has 1 aromatic heterocycles. The highest BCUT2D eigenvalue weighted by Gasteiger charge is 2.17. The van der Waals surface area contributed by atoms with Crippen molar-refractivity contribution in [2.45, 2.75) is 19.3 Å². The second kappa shape index (κ2) is 5.74. The van der Waals surface area contributed by atoms with Gasteiger partial charge in [0.1, 0.15) is 11.2 Å². The number of oxazole rings is 1. The second-order valence-corrected chi connectivity index (χ2v) is 4.75. The van der Waals surface area contributed by atoms with Gasteiger partial charge in [-0.3, -0.25) is 9.59 Å². The molecule has 21 heavy (non-hydrogen) atoms. The Morgan fingerprint density at radius 3 is 3.10 bits per heavy atom. The summed E-state index contributed by atoms with van der Waals surface area (Å²) in [6, 6.07) is 5.75. The Bertz CT molecular complexity index is 720. The van der Waals surface area contributed by atoms with E-state index in [0.29, 0.717) is 31.5 Å². The Morgan fingerprint density at radius 2 is 2.29 bits per heavy atom. The molecule has 0 fully saturated rings. The van der Waals surface area contributed by atoms with Gasteiger partial charge in [0.15, 0.2) is 12.0 Å². The van der Waals surface area contributed by atoms with Gasteiger partial charge in [0, 0.05) is 19.4 Å². The van der Waals surface area contributed by atoms with E-state index in [9.17, 15) is 9.59 Å². The van der Waals surface area contributed by atoms with Crippen LogP contribution in [0.25, 0.3) is 11.1 Å². The number of aromatic nitrogens is 1. The Balaban J connectivity index is 1.53. The lowest BCUT2D eigenvalue weighted by atomic mass is 10.1. The van der Waals surface area contributed by atoms with E-state index < -0.39 is 0 Å². The molecule has 1 aliphatic heterocycles. The van der Waals surface area contributed by atoms with Gasteiger partial charge in [-0.1, -0.05) is 6.07 Å². The molecule has 1 aromatic carbocycles. The van der Waals surface area contributed by atoms with Crippen molar-refractivity contribution in [2.24, 2.45) is 5.10 Å². The number of hydrogen-bond acceptors (Lipinski definition) is 5. The third-order valence-electron chi connectivity index (χ3n) is 3.26. The number of amides is 2. The summed E-state index contributed by atoms with van der Waals surface area (Å²) >= 11 is 0. The lowest BCUT2D eigenvalue weighted by Gasteiger charge is -2.11. The van der Waals surface area contributed by atoms with Crippen molar-refractivity contribution < 1.29 is 14.0 Å². The second-order valence-electron chi connectivity index (χ2n) is 4.75. The first-order chi connectivity index (χ1) is 10.2. The molecule has 1 aliphatic rings. The summed E-state index contributed by atoms with van der Waals surface area (Å²) in [5.74, 6) is -0.400. The molecule has 0 atom stereocenters. The first-order valence-electron chi connectivity index (χ1n) is 6.68. The maximum atomic E-state index is 11.8. The first kappa shape index (κ1) is 13.3. The Labute approximate surface area is 120 Å². The average molecular weight is 286 g/mol. The smallest absolute Gasteiger partial charge is 0.267 e. The van der Waals surface area contributed by atoms with Crippen LogP contribution in [0.3, 0.4) is 0 Å². The van der Waals surface area contributed by atoms with E-state index in [-0.39, 0.29) is 11.8 Å². The molecule has 0 saturated heterocycles. The van der Waals surface area contributed by atoms with E-state index in [4.69, 9.17) is 4.42 Å². The van der Waals surface area contributed by atoms with Crippen molar-refractivity contribution in [3.05, 3.63) is 30.2 Å². The highest BCUT2D eigenvalue weighted by molar-refractivity contribution is 6.39. The fourth-order valence-corrected chi connectivity index (χ4v) is 2.12. The molecular formula is C14H14N4O3. The van der Waals surface area contributed by atoms with Gasteiger partial charge in [0.05, 0.1) is 0 Å². The largest absolute Gasteiger partial charge is 0.443 e. The van der Waals surface area contributed by atoms with Crippen LogP contribution in [0, 0.1) is 0 Å². The fourth-order valence-electron chi connectivity index (χ4n) is 2.12. The summed E-state index contributed by atoms with van der Waals surface area (Å²) < 4.78 is 5.23. The van der Waals surface area contributed by atoms with Crippen molar-refractivity contribution >= 4 is 28.6 Å². The predicted octanol–water partition coefficient (Wildman–Crippen LogP) is 0.752. The Kier molecular flexibility index (Phi) is 3.63. The molecule has 0 unspecified atom stereocenters.